The van der Waals surface area contributed by atoms with Crippen LogP contribution in [0.1, 0.15) is 43.0 Å². The van der Waals surface area contributed by atoms with Gasteiger partial charge in [-0.25, -0.2) is 4.98 Å². The maximum atomic E-state index is 11.5. The molecule has 2 aliphatic rings. The molecule has 0 unspecified atom stereocenters. The van der Waals surface area contributed by atoms with Crippen molar-refractivity contribution in [3.05, 3.63) is 23.9 Å². The molecule has 0 bridgehead atoms. The van der Waals surface area contributed by atoms with E-state index in [1.165, 1.54) is 25.7 Å². The summed E-state index contributed by atoms with van der Waals surface area (Å²) in [6, 6.07) is 4.53. The second kappa shape index (κ2) is 5.92. The van der Waals surface area contributed by atoms with Crippen LogP contribution in [0.2, 0.25) is 0 Å². The van der Waals surface area contributed by atoms with Gasteiger partial charge in [-0.2, -0.15) is 0 Å². The van der Waals surface area contributed by atoms with Crippen LogP contribution in [0.4, 0.5) is 5.82 Å². The highest BCUT2D eigenvalue weighted by Crippen LogP contribution is 2.25. The molecule has 0 atom stereocenters. The number of carbonyl (C=O) groups is 1. The molecule has 1 aromatic heterocycles. The molecule has 2 heterocycles. The molecule has 3 rings (SSSR count). The van der Waals surface area contributed by atoms with E-state index in [-0.39, 0.29) is 5.78 Å². The van der Waals surface area contributed by atoms with Crippen LogP contribution in [0.5, 0.6) is 0 Å². The summed E-state index contributed by atoms with van der Waals surface area (Å²) in [5, 5.41) is 0. The summed E-state index contributed by atoms with van der Waals surface area (Å²) in [5.41, 5.74) is 0.758. The van der Waals surface area contributed by atoms with Crippen molar-refractivity contribution in [2.24, 2.45) is 0 Å². The fraction of sp³-hybridized carbons (Fsp3) is 0.625. The van der Waals surface area contributed by atoms with Gasteiger partial charge in [-0.1, -0.05) is 12.8 Å². The zero-order valence-electron chi connectivity index (χ0n) is 12.2. The minimum absolute atomic E-state index is 0.109. The summed E-state index contributed by atoms with van der Waals surface area (Å²) in [7, 11) is 0. The van der Waals surface area contributed by atoms with Gasteiger partial charge in [0.25, 0.3) is 0 Å². The Balaban J connectivity index is 1.62. The molecule has 108 valence electrons. The first kappa shape index (κ1) is 13.6. The highest BCUT2D eigenvalue weighted by Gasteiger charge is 2.26. The molecule has 0 N–H and O–H groups in total. The summed E-state index contributed by atoms with van der Waals surface area (Å²) < 4.78 is 0. The van der Waals surface area contributed by atoms with Gasteiger partial charge in [0.1, 0.15) is 5.82 Å². The SMILES string of the molecule is CC(=O)c1ccnc(N2CCN(C3CCCC3)CC2)c1. The standard InChI is InChI=1S/C16H23N3O/c1-13(20)14-6-7-17-16(12-14)19-10-8-18(9-11-19)15-4-2-3-5-15/h6-7,12,15H,2-5,8-11H2,1H3. The molecule has 1 saturated carbocycles. The Kier molecular flexibility index (Phi) is 4.01. The number of pyridine rings is 1. The summed E-state index contributed by atoms with van der Waals surface area (Å²) in [6.45, 7) is 5.89. The van der Waals surface area contributed by atoms with Crippen LogP contribution in [0, 0.1) is 0 Å². The van der Waals surface area contributed by atoms with Crippen molar-refractivity contribution in [2.45, 2.75) is 38.6 Å². The van der Waals surface area contributed by atoms with Crippen molar-refractivity contribution in [1.29, 1.82) is 0 Å². The second-order valence-electron chi connectivity index (χ2n) is 5.92. The third-order valence-corrected chi connectivity index (χ3v) is 4.63. The van der Waals surface area contributed by atoms with Crippen LogP contribution in [-0.4, -0.2) is 47.9 Å². The third-order valence-electron chi connectivity index (χ3n) is 4.63. The van der Waals surface area contributed by atoms with Gasteiger partial charge < -0.3 is 4.90 Å². The van der Waals surface area contributed by atoms with Crippen LogP contribution in [-0.2, 0) is 0 Å². The molecule has 0 amide bonds. The van der Waals surface area contributed by atoms with Gasteiger partial charge >= 0.3 is 0 Å². The monoisotopic (exact) mass is 273 g/mol. The fourth-order valence-corrected chi connectivity index (χ4v) is 3.40. The predicted molar refractivity (Wildman–Crippen MR) is 80.3 cm³/mol. The van der Waals surface area contributed by atoms with Gasteiger partial charge in [-0.15, -0.1) is 0 Å². The normalized spacial score (nSPS) is 21.4. The maximum absolute atomic E-state index is 11.5. The Hall–Kier alpha value is -1.42. The summed E-state index contributed by atoms with van der Waals surface area (Å²) in [6.07, 6.45) is 7.28. The average molecular weight is 273 g/mol. The lowest BCUT2D eigenvalue weighted by molar-refractivity contribution is 0.101. The van der Waals surface area contributed by atoms with Crippen molar-refractivity contribution in [1.82, 2.24) is 9.88 Å². The molecular formula is C16H23N3O. The van der Waals surface area contributed by atoms with Crippen LogP contribution >= 0.6 is 0 Å². The minimum Gasteiger partial charge on any atom is -0.354 e. The molecule has 0 aromatic carbocycles. The first-order valence-electron chi connectivity index (χ1n) is 7.70. The Morgan fingerprint density at radius 3 is 2.55 bits per heavy atom. The quantitative estimate of drug-likeness (QED) is 0.792. The number of carbonyl (C=O) groups excluding carboxylic acids is 1. The lowest BCUT2D eigenvalue weighted by Crippen LogP contribution is -2.50. The van der Waals surface area contributed by atoms with Crippen molar-refractivity contribution in [3.8, 4) is 0 Å². The van der Waals surface area contributed by atoms with E-state index in [2.05, 4.69) is 14.8 Å². The van der Waals surface area contributed by atoms with Gasteiger partial charge in [0.15, 0.2) is 5.78 Å². The van der Waals surface area contributed by atoms with E-state index in [0.717, 1.165) is 43.6 Å². The van der Waals surface area contributed by atoms with Crippen molar-refractivity contribution in [3.63, 3.8) is 0 Å². The summed E-state index contributed by atoms with van der Waals surface area (Å²) >= 11 is 0. The molecule has 4 nitrogen and oxygen atoms in total. The smallest absolute Gasteiger partial charge is 0.159 e. The van der Waals surface area contributed by atoms with E-state index in [9.17, 15) is 4.79 Å². The van der Waals surface area contributed by atoms with E-state index >= 15 is 0 Å². The molecule has 1 saturated heterocycles. The van der Waals surface area contributed by atoms with Gasteiger partial charge in [0, 0.05) is 44.0 Å². The zero-order chi connectivity index (χ0) is 13.9. The van der Waals surface area contributed by atoms with E-state index in [1.807, 2.05) is 6.07 Å². The molecule has 0 radical (unpaired) electrons. The predicted octanol–water partition coefficient (Wildman–Crippen LogP) is 2.35. The highest BCUT2D eigenvalue weighted by atomic mass is 16.1. The number of nitrogens with zero attached hydrogens (tertiary/aromatic N) is 3. The first-order valence-corrected chi connectivity index (χ1v) is 7.70. The number of Topliss-reactive ketones (excluding diaryl/α,β-unsaturated/α-hetero) is 1. The van der Waals surface area contributed by atoms with Crippen LogP contribution in [0.15, 0.2) is 18.3 Å². The number of aromatic nitrogens is 1. The number of rotatable bonds is 3. The van der Waals surface area contributed by atoms with Crippen LogP contribution < -0.4 is 4.90 Å². The first-order chi connectivity index (χ1) is 9.74. The molecule has 1 aliphatic heterocycles. The van der Waals surface area contributed by atoms with Crippen LogP contribution in [0.3, 0.4) is 0 Å². The summed E-state index contributed by atoms with van der Waals surface area (Å²) in [5.74, 6) is 1.06. The van der Waals surface area contributed by atoms with Crippen LogP contribution in [0.25, 0.3) is 0 Å². The number of anilines is 1. The third kappa shape index (κ3) is 2.85. The van der Waals surface area contributed by atoms with Gasteiger partial charge in [0.2, 0.25) is 0 Å². The van der Waals surface area contributed by atoms with Gasteiger partial charge in [0.05, 0.1) is 0 Å². The zero-order valence-corrected chi connectivity index (χ0v) is 12.2. The number of hydrogen-bond donors (Lipinski definition) is 0. The number of piperazine rings is 1. The Morgan fingerprint density at radius 2 is 1.90 bits per heavy atom. The second-order valence-corrected chi connectivity index (χ2v) is 5.92. The number of ketones is 1. The van der Waals surface area contributed by atoms with Crippen molar-refractivity contribution < 1.29 is 4.79 Å². The largest absolute Gasteiger partial charge is 0.354 e. The van der Waals surface area contributed by atoms with E-state index in [4.69, 9.17) is 0 Å². The Morgan fingerprint density at radius 1 is 1.20 bits per heavy atom. The van der Waals surface area contributed by atoms with Crippen molar-refractivity contribution in [2.75, 3.05) is 31.1 Å². The van der Waals surface area contributed by atoms with Gasteiger partial charge in [-0.3, -0.25) is 9.69 Å². The lowest BCUT2D eigenvalue weighted by Gasteiger charge is -2.38. The molecule has 0 spiro atoms. The average Bonchev–Trinajstić information content (AvgIpc) is 3.02. The van der Waals surface area contributed by atoms with Gasteiger partial charge in [-0.05, 0) is 31.9 Å². The topological polar surface area (TPSA) is 36.4 Å². The lowest BCUT2D eigenvalue weighted by atomic mass is 10.1. The van der Waals surface area contributed by atoms with E-state index < -0.39 is 0 Å². The molecule has 4 heteroatoms. The summed E-state index contributed by atoms with van der Waals surface area (Å²) in [4.78, 5) is 20.8. The molecular weight excluding hydrogens is 250 g/mol. The van der Waals surface area contributed by atoms with E-state index in [0.29, 0.717) is 0 Å². The highest BCUT2D eigenvalue weighted by molar-refractivity contribution is 5.94. The Bertz CT molecular complexity index is 474. The Labute approximate surface area is 120 Å². The molecule has 20 heavy (non-hydrogen) atoms. The van der Waals surface area contributed by atoms with Crippen molar-refractivity contribution >= 4 is 11.6 Å². The molecule has 1 aromatic rings. The fourth-order valence-electron chi connectivity index (χ4n) is 3.40. The molecule has 1 aliphatic carbocycles. The molecule has 2 fully saturated rings. The minimum atomic E-state index is 0.109. The maximum Gasteiger partial charge on any atom is 0.159 e. The van der Waals surface area contributed by atoms with E-state index in [1.54, 1.807) is 19.2 Å². The number of hydrogen-bond acceptors (Lipinski definition) is 4.